The van der Waals surface area contributed by atoms with E-state index in [1.165, 1.54) is 14.0 Å². The van der Waals surface area contributed by atoms with Gasteiger partial charge in [0.25, 0.3) is 0 Å². The highest BCUT2D eigenvalue weighted by molar-refractivity contribution is 5.69. The summed E-state index contributed by atoms with van der Waals surface area (Å²) in [4.78, 5) is 23.9. The van der Waals surface area contributed by atoms with Crippen molar-refractivity contribution >= 4 is 11.9 Å². The molecule has 1 aromatic rings. The number of unbranched alkanes of at least 4 members (excludes halogenated alkanes) is 2. The largest absolute Gasteiger partial charge is 0.504 e. The number of benzene rings is 1. The number of esters is 2. The van der Waals surface area contributed by atoms with Gasteiger partial charge in [-0.15, -0.1) is 0 Å². The molecular weight excluding hydrogens is 400 g/mol. The molecule has 0 aliphatic rings. The van der Waals surface area contributed by atoms with E-state index in [1.807, 2.05) is 6.07 Å². The number of rotatable bonds is 16. The van der Waals surface area contributed by atoms with Crippen LogP contribution in [0.25, 0.3) is 0 Å². The molecule has 1 aromatic carbocycles. The second-order valence-electron chi connectivity index (χ2n) is 7.72. The van der Waals surface area contributed by atoms with Gasteiger partial charge >= 0.3 is 11.9 Å². The molecule has 2 unspecified atom stereocenters. The van der Waals surface area contributed by atoms with Crippen LogP contribution in [0.4, 0.5) is 0 Å². The summed E-state index contributed by atoms with van der Waals surface area (Å²) in [5.41, 5.74) is 0.963. The molecule has 0 spiro atoms. The second kappa shape index (κ2) is 15.5. The molecule has 2 atom stereocenters. The fraction of sp³-hybridized carbons (Fsp3) is 0.667. The first-order valence-electron chi connectivity index (χ1n) is 11.1. The van der Waals surface area contributed by atoms with Gasteiger partial charge < -0.3 is 24.1 Å². The van der Waals surface area contributed by atoms with E-state index in [1.54, 1.807) is 19.2 Å². The number of ether oxygens (including phenoxy) is 4. The molecule has 1 N–H and O–H groups in total. The molecule has 176 valence electrons. The molecule has 0 aliphatic heterocycles. The van der Waals surface area contributed by atoms with E-state index in [2.05, 4.69) is 6.92 Å². The van der Waals surface area contributed by atoms with Gasteiger partial charge in [-0.25, -0.2) is 0 Å². The number of methoxy groups -OCH3 is 2. The van der Waals surface area contributed by atoms with Gasteiger partial charge in [-0.2, -0.15) is 0 Å². The van der Waals surface area contributed by atoms with E-state index < -0.39 is 0 Å². The summed E-state index contributed by atoms with van der Waals surface area (Å²) < 4.78 is 21.4. The van der Waals surface area contributed by atoms with Gasteiger partial charge in [0.05, 0.1) is 7.11 Å². The minimum absolute atomic E-state index is 0.0817. The van der Waals surface area contributed by atoms with Crippen molar-refractivity contribution in [2.45, 2.75) is 83.8 Å². The van der Waals surface area contributed by atoms with Gasteiger partial charge in [0.15, 0.2) is 11.5 Å². The average Bonchev–Trinajstić information content (AvgIpc) is 2.72. The van der Waals surface area contributed by atoms with Crippen LogP contribution in [-0.2, 0) is 30.2 Å². The maximum absolute atomic E-state index is 12.3. The summed E-state index contributed by atoms with van der Waals surface area (Å²) in [7, 11) is 3.10. The van der Waals surface area contributed by atoms with Gasteiger partial charge in [0.2, 0.25) is 0 Å². The third-order valence-corrected chi connectivity index (χ3v) is 5.01. The Morgan fingerprint density at radius 3 is 2.42 bits per heavy atom. The molecule has 0 amide bonds. The molecule has 7 nitrogen and oxygen atoms in total. The lowest BCUT2D eigenvalue weighted by Crippen LogP contribution is -2.27. The predicted molar refractivity (Wildman–Crippen MR) is 118 cm³/mol. The highest BCUT2D eigenvalue weighted by Crippen LogP contribution is 2.27. The molecule has 7 heteroatoms. The summed E-state index contributed by atoms with van der Waals surface area (Å²) in [6, 6.07) is 5.18. The third-order valence-electron chi connectivity index (χ3n) is 5.01. The number of hydrogen-bond donors (Lipinski definition) is 1. The molecule has 0 radical (unpaired) electrons. The standard InChI is InChI=1S/C24H38O7/c1-5-6-7-9-20(30-18(2)25)17-21(31-24(27)10-8-15-28-3)13-11-19-12-14-22(26)23(16-19)29-4/h12,14,16,20-21,26H,5-11,13,15,17H2,1-4H3. The first-order valence-corrected chi connectivity index (χ1v) is 11.1. The van der Waals surface area contributed by atoms with Crippen LogP contribution >= 0.6 is 0 Å². The molecule has 0 aliphatic carbocycles. The Labute approximate surface area is 186 Å². The number of carbonyl (C=O) groups is 2. The van der Waals surface area contributed by atoms with E-state index in [9.17, 15) is 14.7 Å². The third kappa shape index (κ3) is 11.6. The highest BCUT2D eigenvalue weighted by Gasteiger charge is 2.22. The lowest BCUT2D eigenvalue weighted by molar-refractivity contribution is -0.155. The van der Waals surface area contributed by atoms with E-state index in [0.29, 0.717) is 38.0 Å². The van der Waals surface area contributed by atoms with Crippen molar-refractivity contribution in [3.63, 3.8) is 0 Å². The fourth-order valence-electron chi connectivity index (χ4n) is 3.41. The molecule has 1 rings (SSSR count). The quantitative estimate of drug-likeness (QED) is 0.298. The van der Waals surface area contributed by atoms with Crippen molar-refractivity contribution in [2.24, 2.45) is 0 Å². The SMILES string of the molecule is CCCCCC(CC(CCc1ccc(O)c(OC)c1)OC(=O)CCCOC)OC(C)=O. The van der Waals surface area contributed by atoms with Crippen LogP contribution in [0.5, 0.6) is 11.5 Å². The normalized spacial score (nSPS) is 12.8. The maximum atomic E-state index is 12.3. The van der Waals surface area contributed by atoms with Crippen molar-refractivity contribution in [2.75, 3.05) is 20.8 Å². The van der Waals surface area contributed by atoms with Crippen molar-refractivity contribution in [1.29, 1.82) is 0 Å². The van der Waals surface area contributed by atoms with Gasteiger partial charge in [-0.05, 0) is 49.8 Å². The maximum Gasteiger partial charge on any atom is 0.306 e. The minimum Gasteiger partial charge on any atom is -0.504 e. The topological polar surface area (TPSA) is 91.3 Å². The first kappa shape index (κ1) is 26.8. The fourth-order valence-corrected chi connectivity index (χ4v) is 3.41. The smallest absolute Gasteiger partial charge is 0.306 e. The molecule has 0 bridgehead atoms. The van der Waals surface area contributed by atoms with E-state index in [0.717, 1.165) is 31.2 Å². The van der Waals surface area contributed by atoms with Crippen molar-refractivity contribution in [3.05, 3.63) is 23.8 Å². The Bertz CT molecular complexity index is 659. The lowest BCUT2D eigenvalue weighted by atomic mass is 9.99. The molecule has 0 heterocycles. The van der Waals surface area contributed by atoms with Crippen LogP contribution in [0, 0.1) is 0 Å². The highest BCUT2D eigenvalue weighted by atomic mass is 16.6. The Hall–Kier alpha value is -2.28. The Kier molecular flexibility index (Phi) is 13.4. The number of phenolic OH excluding ortho intramolecular Hbond substituents is 1. The van der Waals surface area contributed by atoms with Crippen molar-refractivity contribution in [1.82, 2.24) is 0 Å². The molecule has 31 heavy (non-hydrogen) atoms. The van der Waals surface area contributed by atoms with Crippen LogP contribution in [0.15, 0.2) is 18.2 Å². The average molecular weight is 439 g/mol. The zero-order valence-corrected chi connectivity index (χ0v) is 19.4. The monoisotopic (exact) mass is 438 g/mol. The van der Waals surface area contributed by atoms with Crippen LogP contribution in [0.2, 0.25) is 0 Å². The molecule has 0 saturated carbocycles. The van der Waals surface area contributed by atoms with E-state index in [-0.39, 0.29) is 36.3 Å². The summed E-state index contributed by atoms with van der Waals surface area (Å²) >= 11 is 0. The lowest BCUT2D eigenvalue weighted by Gasteiger charge is -2.24. The van der Waals surface area contributed by atoms with Crippen LogP contribution in [0.3, 0.4) is 0 Å². The van der Waals surface area contributed by atoms with Crippen LogP contribution in [0.1, 0.15) is 70.8 Å². The predicted octanol–water partition coefficient (Wildman–Crippen LogP) is 4.57. The van der Waals surface area contributed by atoms with Gasteiger partial charge in [0, 0.05) is 33.5 Å². The molecule has 0 fully saturated rings. The van der Waals surface area contributed by atoms with E-state index in [4.69, 9.17) is 18.9 Å². The van der Waals surface area contributed by atoms with Crippen LogP contribution < -0.4 is 4.74 Å². The van der Waals surface area contributed by atoms with Crippen LogP contribution in [-0.4, -0.2) is 50.1 Å². The summed E-state index contributed by atoms with van der Waals surface area (Å²) in [6.07, 6.45) is 5.75. The zero-order chi connectivity index (χ0) is 23.1. The Morgan fingerprint density at radius 1 is 1.03 bits per heavy atom. The van der Waals surface area contributed by atoms with Gasteiger partial charge in [-0.3, -0.25) is 9.59 Å². The number of aryl methyl sites for hydroxylation is 1. The molecular formula is C24H38O7. The van der Waals surface area contributed by atoms with E-state index >= 15 is 0 Å². The molecule has 0 aromatic heterocycles. The zero-order valence-electron chi connectivity index (χ0n) is 19.4. The Morgan fingerprint density at radius 2 is 1.77 bits per heavy atom. The molecule has 0 saturated heterocycles. The minimum atomic E-state index is -0.374. The number of carbonyl (C=O) groups excluding carboxylic acids is 2. The van der Waals surface area contributed by atoms with Gasteiger partial charge in [-0.1, -0.05) is 25.8 Å². The number of phenols is 1. The summed E-state index contributed by atoms with van der Waals surface area (Å²) in [5, 5.41) is 9.79. The van der Waals surface area contributed by atoms with Crippen molar-refractivity contribution < 1.29 is 33.6 Å². The second-order valence-corrected chi connectivity index (χ2v) is 7.72. The van der Waals surface area contributed by atoms with Gasteiger partial charge in [0.1, 0.15) is 12.2 Å². The summed E-state index contributed by atoms with van der Waals surface area (Å²) in [6.45, 7) is 4.03. The Balaban J connectivity index is 2.82. The number of aromatic hydroxyl groups is 1. The summed E-state index contributed by atoms with van der Waals surface area (Å²) in [5.74, 6) is -0.114. The first-order chi connectivity index (χ1) is 14.9. The number of hydrogen-bond acceptors (Lipinski definition) is 7. The van der Waals surface area contributed by atoms with Crippen molar-refractivity contribution in [3.8, 4) is 11.5 Å².